The van der Waals surface area contributed by atoms with E-state index in [1.54, 1.807) is 19.1 Å². The molecule has 0 radical (unpaired) electrons. The quantitative estimate of drug-likeness (QED) is 0.832. The van der Waals surface area contributed by atoms with Gasteiger partial charge in [0.05, 0.1) is 10.7 Å². The smallest absolute Gasteiger partial charge is 0.224 e. The third-order valence-corrected chi connectivity index (χ3v) is 3.93. The molecular formula is C18H19ClFNO2. The van der Waals surface area contributed by atoms with E-state index in [0.29, 0.717) is 28.4 Å². The van der Waals surface area contributed by atoms with E-state index in [2.05, 4.69) is 5.32 Å². The predicted molar refractivity (Wildman–Crippen MR) is 90.6 cm³/mol. The molecule has 122 valence electrons. The van der Waals surface area contributed by atoms with Gasteiger partial charge in [0.1, 0.15) is 18.2 Å². The highest BCUT2D eigenvalue weighted by atomic mass is 35.5. The highest BCUT2D eigenvalue weighted by Gasteiger charge is 2.13. The summed E-state index contributed by atoms with van der Waals surface area (Å²) in [6, 6.07) is 8.17. The molecule has 0 saturated heterocycles. The van der Waals surface area contributed by atoms with Crippen molar-refractivity contribution in [2.75, 3.05) is 5.32 Å². The Morgan fingerprint density at radius 1 is 1.26 bits per heavy atom. The number of benzene rings is 2. The molecule has 0 atom stereocenters. The van der Waals surface area contributed by atoms with Gasteiger partial charge in [-0.25, -0.2) is 4.39 Å². The average Bonchev–Trinajstić information content (AvgIpc) is 2.51. The lowest BCUT2D eigenvalue weighted by molar-refractivity contribution is -0.115. The molecular weight excluding hydrogens is 317 g/mol. The summed E-state index contributed by atoms with van der Waals surface area (Å²) in [4.78, 5) is 11.6. The number of halogens is 2. The van der Waals surface area contributed by atoms with Crippen LogP contribution in [0, 0.1) is 19.7 Å². The molecule has 2 aromatic rings. The van der Waals surface area contributed by atoms with Crippen LogP contribution in [0.25, 0.3) is 0 Å². The van der Waals surface area contributed by atoms with Crippen LogP contribution in [0.2, 0.25) is 5.02 Å². The number of aryl methyl sites for hydroxylation is 2. The van der Waals surface area contributed by atoms with Gasteiger partial charge in [-0.1, -0.05) is 24.6 Å². The number of amides is 1. The van der Waals surface area contributed by atoms with Crippen LogP contribution in [0.15, 0.2) is 30.3 Å². The van der Waals surface area contributed by atoms with E-state index in [-0.39, 0.29) is 12.5 Å². The number of nitrogens with one attached hydrogen (secondary N) is 1. The Hall–Kier alpha value is -2.07. The average molecular weight is 336 g/mol. The minimum atomic E-state index is -0.432. The monoisotopic (exact) mass is 335 g/mol. The molecule has 0 aliphatic heterocycles. The lowest BCUT2D eigenvalue weighted by Gasteiger charge is -2.14. The summed E-state index contributed by atoms with van der Waals surface area (Å²) < 4.78 is 19.8. The topological polar surface area (TPSA) is 38.3 Å². The number of hydrogen-bond donors (Lipinski definition) is 1. The van der Waals surface area contributed by atoms with Crippen molar-refractivity contribution in [3.63, 3.8) is 0 Å². The van der Waals surface area contributed by atoms with Gasteiger partial charge in [0.15, 0.2) is 0 Å². The third kappa shape index (κ3) is 4.23. The van der Waals surface area contributed by atoms with Crippen molar-refractivity contribution in [3.05, 3.63) is 57.9 Å². The summed E-state index contributed by atoms with van der Waals surface area (Å²) >= 11 is 6.17. The van der Waals surface area contributed by atoms with Gasteiger partial charge in [0.25, 0.3) is 0 Å². The Labute approximate surface area is 140 Å². The Kier molecular flexibility index (Phi) is 5.61. The van der Waals surface area contributed by atoms with Crippen molar-refractivity contribution in [1.82, 2.24) is 0 Å². The maximum absolute atomic E-state index is 14.1. The van der Waals surface area contributed by atoms with Crippen LogP contribution >= 0.6 is 11.6 Å². The largest absolute Gasteiger partial charge is 0.487 e. The lowest BCUT2D eigenvalue weighted by atomic mass is 10.1. The minimum absolute atomic E-state index is 0.0196. The van der Waals surface area contributed by atoms with Crippen molar-refractivity contribution >= 4 is 23.2 Å². The predicted octanol–water partition coefficient (Wildman–Crippen LogP) is 5.02. The highest BCUT2D eigenvalue weighted by molar-refractivity contribution is 6.32. The van der Waals surface area contributed by atoms with Gasteiger partial charge in [0, 0.05) is 12.0 Å². The maximum atomic E-state index is 14.1. The van der Waals surface area contributed by atoms with Gasteiger partial charge in [-0.15, -0.1) is 0 Å². The zero-order chi connectivity index (χ0) is 17.0. The molecule has 5 heteroatoms. The van der Waals surface area contributed by atoms with Gasteiger partial charge in [-0.05, 0) is 49.2 Å². The Balaban J connectivity index is 2.23. The second kappa shape index (κ2) is 7.47. The molecule has 0 aromatic heterocycles. The second-order valence-corrected chi connectivity index (χ2v) is 5.73. The zero-order valence-corrected chi connectivity index (χ0v) is 14.1. The summed E-state index contributed by atoms with van der Waals surface area (Å²) in [5, 5.41) is 3.16. The standard InChI is InChI=1S/C18H19ClFNO2/c1-4-18(22)21-16-7-5-6-15(20)13(16)10-23-17-9-12(3)11(2)8-14(17)19/h5-9H,4,10H2,1-3H3,(H,21,22). The number of carbonyl (C=O) groups is 1. The molecule has 0 saturated carbocycles. The fourth-order valence-electron chi connectivity index (χ4n) is 2.08. The second-order valence-electron chi connectivity index (χ2n) is 5.32. The summed E-state index contributed by atoms with van der Waals surface area (Å²) in [6.45, 7) is 5.63. The first-order chi connectivity index (χ1) is 10.9. The molecule has 3 nitrogen and oxygen atoms in total. The number of anilines is 1. The van der Waals surface area contributed by atoms with Crippen molar-refractivity contribution < 1.29 is 13.9 Å². The Bertz CT molecular complexity index is 731. The summed E-state index contributed by atoms with van der Waals surface area (Å²) in [6.07, 6.45) is 0.319. The molecule has 0 unspecified atom stereocenters. The molecule has 0 heterocycles. The number of hydrogen-bond acceptors (Lipinski definition) is 2. The van der Waals surface area contributed by atoms with E-state index in [0.717, 1.165) is 11.1 Å². The molecule has 0 fully saturated rings. The van der Waals surface area contributed by atoms with Crippen LogP contribution in [-0.4, -0.2) is 5.91 Å². The van der Waals surface area contributed by atoms with E-state index >= 15 is 0 Å². The van der Waals surface area contributed by atoms with E-state index in [1.807, 2.05) is 26.0 Å². The lowest BCUT2D eigenvalue weighted by Crippen LogP contribution is -2.13. The van der Waals surface area contributed by atoms with Gasteiger partial charge in [0.2, 0.25) is 5.91 Å². The maximum Gasteiger partial charge on any atom is 0.224 e. The molecule has 23 heavy (non-hydrogen) atoms. The van der Waals surface area contributed by atoms with Crippen LogP contribution < -0.4 is 10.1 Å². The molecule has 0 aliphatic carbocycles. The van der Waals surface area contributed by atoms with E-state index in [4.69, 9.17) is 16.3 Å². The first kappa shape index (κ1) is 17.3. The third-order valence-electron chi connectivity index (χ3n) is 3.63. The van der Waals surface area contributed by atoms with E-state index in [9.17, 15) is 9.18 Å². The summed E-state index contributed by atoms with van der Waals surface area (Å²) in [5.74, 6) is -0.120. The highest BCUT2D eigenvalue weighted by Crippen LogP contribution is 2.29. The Morgan fingerprint density at radius 2 is 1.96 bits per heavy atom. The zero-order valence-electron chi connectivity index (χ0n) is 13.4. The minimum Gasteiger partial charge on any atom is -0.487 e. The van der Waals surface area contributed by atoms with Gasteiger partial charge < -0.3 is 10.1 Å². The number of carbonyl (C=O) groups excluding carboxylic acids is 1. The molecule has 0 spiro atoms. The van der Waals surface area contributed by atoms with Gasteiger partial charge in [-0.2, -0.15) is 0 Å². The van der Waals surface area contributed by atoms with Crippen LogP contribution in [-0.2, 0) is 11.4 Å². The van der Waals surface area contributed by atoms with Crippen LogP contribution in [0.1, 0.15) is 30.0 Å². The molecule has 0 aliphatic rings. The Morgan fingerprint density at radius 3 is 2.65 bits per heavy atom. The fourth-order valence-corrected chi connectivity index (χ4v) is 2.35. The number of ether oxygens (including phenoxy) is 1. The van der Waals surface area contributed by atoms with Crippen molar-refractivity contribution in [2.24, 2.45) is 0 Å². The van der Waals surface area contributed by atoms with Crippen molar-refractivity contribution in [3.8, 4) is 5.75 Å². The first-order valence-corrected chi connectivity index (χ1v) is 7.77. The molecule has 0 bridgehead atoms. The summed E-state index contributed by atoms with van der Waals surface area (Å²) in [5.41, 5.74) is 2.81. The SMILES string of the molecule is CCC(=O)Nc1cccc(F)c1COc1cc(C)c(C)cc1Cl. The molecule has 2 aromatic carbocycles. The van der Waals surface area contributed by atoms with Crippen LogP contribution in [0.3, 0.4) is 0 Å². The van der Waals surface area contributed by atoms with E-state index < -0.39 is 5.82 Å². The molecule has 2 rings (SSSR count). The van der Waals surface area contributed by atoms with Crippen LogP contribution in [0.4, 0.5) is 10.1 Å². The first-order valence-electron chi connectivity index (χ1n) is 7.39. The van der Waals surface area contributed by atoms with Gasteiger partial charge in [-0.3, -0.25) is 4.79 Å². The van der Waals surface area contributed by atoms with Crippen molar-refractivity contribution in [1.29, 1.82) is 0 Å². The van der Waals surface area contributed by atoms with Crippen molar-refractivity contribution in [2.45, 2.75) is 33.8 Å². The summed E-state index contributed by atoms with van der Waals surface area (Å²) in [7, 11) is 0. The van der Waals surface area contributed by atoms with Gasteiger partial charge >= 0.3 is 0 Å². The molecule has 1 amide bonds. The van der Waals surface area contributed by atoms with Crippen LogP contribution in [0.5, 0.6) is 5.75 Å². The molecule has 1 N–H and O–H groups in total. The van der Waals surface area contributed by atoms with E-state index in [1.165, 1.54) is 6.07 Å². The number of rotatable bonds is 5. The normalized spacial score (nSPS) is 10.5. The fraction of sp³-hybridized carbons (Fsp3) is 0.278.